The molecule has 1 aliphatic rings. The van der Waals surface area contributed by atoms with Gasteiger partial charge in [0, 0.05) is 24.8 Å². The van der Waals surface area contributed by atoms with Crippen LogP contribution in [0.15, 0.2) is 18.2 Å². The fourth-order valence-corrected chi connectivity index (χ4v) is 2.24. The molecule has 94 valence electrons. The van der Waals surface area contributed by atoms with Crippen LogP contribution in [0.4, 0.5) is 0 Å². The van der Waals surface area contributed by atoms with Gasteiger partial charge in [-0.15, -0.1) is 0 Å². The van der Waals surface area contributed by atoms with Gasteiger partial charge in [0.05, 0.1) is 0 Å². The third-order valence-electron chi connectivity index (χ3n) is 3.42. The zero-order valence-corrected chi connectivity index (χ0v) is 10.3. The lowest BCUT2D eigenvalue weighted by molar-refractivity contribution is 0.255. The van der Waals surface area contributed by atoms with Crippen LogP contribution in [0.1, 0.15) is 30.4 Å². The Balaban J connectivity index is 1.93. The van der Waals surface area contributed by atoms with Gasteiger partial charge in [-0.2, -0.15) is 0 Å². The molecule has 1 saturated carbocycles. The van der Waals surface area contributed by atoms with E-state index in [0.717, 1.165) is 17.5 Å². The predicted octanol–water partition coefficient (Wildman–Crippen LogP) is 1.95. The van der Waals surface area contributed by atoms with Gasteiger partial charge in [-0.3, -0.25) is 0 Å². The topological polar surface area (TPSA) is 52.5 Å². The Morgan fingerprint density at radius 3 is 2.82 bits per heavy atom. The van der Waals surface area contributed by atoms with Gasteiger partial charge in [0.2, 0.25) is 0 Å². The number of aromatic hydroxyl groups is 1. The minimum atomic E-state index is 0.230. The lowest BCUT2D eigenvalue weighted by Crippen LogP contribution is -2.31. The summed E-state index contributed by atoms with van der Waals surface area (Å²) in [6, 6.07) is 6.04. The normalized spacial score (nSPS) is 17.1. The van der Waals surface area contributed by atoms with E-state index in [9.17, 15) is 5.11 Å². The van der Waals surface area contributed by atoms with Crippen LogP contribution < -0.4 is 5.32 Å². The zero-order chi connectivity index (χ0) is 12.3. The van der Waals surface area contributed by atoms with Gasteiger partial charge in [-0.1, -0.05) is 17.7 Å². The minimum Gasteiger partial charge on any atom is -0.508 e. The molecular weight excluding hydrogens is 214 g/mol. The summed E-state index contributed by atoms with van der Waals surface area (Å²) in [5.41, 5.74) is 2.10. The predicted molar refractivity (Wildman–Crippen MR) is 67.9 cm³/mol. The van der Waals surface area contributed by atoms with Crippen molar-refractivity contribution in [2.24, 2.45) is 5.92 Å². The molecule has 1 aromatic rings. The van der Waals surface area contributed by atoms with Crippen LogP contribution in [0.5, 0.6) is 5.75 Å². The monoisotopic (exact) mass is 235 g/mol. The molecule has 0 heterocycles. The van der Waals surface area contributed by atoms with Crippen LogP contribution in [0.2, 0.25) is 0 Å². The summed E-state index contributed by atoms with van der Waals surface area (Å²) in [7, 11) is 0. The quantitative estimate of drug-likeness (QED) is 0.706. The Hall–Kier alpha value is -1.06. The number of nitrogens with one attached hydrogen (secondary N) is 1. The number of phenols is 1. The van der Waals surface area contributed by atoms with Crippen molar-refractivity contribution in [3.05, 3.63) is 29.3 Å². The highest BCUT2D eigenvalue weighted by molar-refractivity contribution is 5.35. The van der Waals surface area contributed by atoms with E-state index in [2.05, 4.69) is 5.32 Å². The second-order valence-corrected chi connectivity index (χ2v) is 4.97. The molecule has 3 heteroatoms. The van der Waals surface area contributed by atoms with Gasteiger partial charge in [0.25, 0.3) is 0 Å². The van der Waals surface area contributed by atoms with E-state index in [4.69, 9.17) is 5.11 Å². The third kappa shape index (κ3) is 3.45. The maximum Gasteiger partial charge on any atom is 0.120 e. The Bertz CT molecular complexity index is 374. The first kappa shape index (κ1) is 12.4. The molecule has 1 aromatic carbocycles. The SMILES string of the molecule is Cc1ccc(O)c(CNC(CCO)C2CC2)c1. The first-order chi connectivity index (χ1) is 8.20. The van der Waals surface area contributed by atoms with Gasteiger partial charge in [-0.25, -0.2) is 0 Å². The van der Waals surface area contributed by atoms with Gasteiger partial charge in [0.1, 0.15) is 5.75 Å². The highest BCUT2D eigenvalue weighted by Crippen LogP contribution is 2.34. The van der Waals surface area contributed by atoms with Crippen molar-refractivity contribution in [1.82, 2.24) is 5.32 Å². The van der Waals surface area contributed by atoms with Crippen molar-refractivity contribution in [3.63, 3.8) is 0 Å². The van der Waals surface area contributed by atoms with E-state index >= 15 is 0 Å². The largest absolute Gasteiger partial charge is 0.508 e. The van der Waals surface area contributed by atoms with Crippen LogP contribution >= 0.6 is 0 Å². The molecule has 0 radical (unpaired) electrons. The summed E-state index contributed by atoms with van der Waals surface area (Å²) in [5.74, 6) is 1.07. The smallest absolute Gasteiger partial charge is 0.120 e. The molecule has 1 aliphatic carbocycles. The molecular formula is C14H21NO2. The Labute approximate surface area is 102 Å². The standard InChI is InChI=1S/C14H21NO2/c1-10-2-5-14(17)12(8-10)9-15-13(6-7-16)11-3-4-11/h2,5,8,11,13,15-17H,3-4,6-7,9H2,1H3. The molecule has 3 nitrogen and oxygen atoms in total. The van der Waals surface area contributed by atoms with Gasteiger partial charge < -0.3 is 15.5 Å². The molecule has 2 rings (SSSR count). The van der Waals surface area contributed by atoms with E-state index < -0.39 is 0 Å². The minimum absolute atomic E-state index is 0.230. The van der Waals surface area contributed by atoms with Crippen molar-refractivity contribution in [2.45, 2.75) is 38.8 Å². The van der Waals surface area contributed by atoms with Gasteiger partial charge in [-0.05, 0) is 38.2 Å². The molecule has 1 atom stereocenters. The fourth-order valence-electron chi connectivity index (χ4n) is 2.24. The summed E-state index contributed by atoms with van der Waals surface area (Å²) in [5, 5.41) is 22.2. The number of aryl methyl sites for hydroxylation is 1. The van der Waals surface area contributed by atoms with Crippen LogP contribution in [-0.2, 0) is 6.54 Å². The average molecular weight is 235 g/mol. The van der Waals surface area contributed by atoms with Crippen LogP contribution in [-0.4, -0.2) is 22.9 Å². The van der Waals surface area contributed by atoms with Gasteiger partial charge >= 0.3 is 0 Å². The Morgan fingerprint density at radius 1 is 1.41 bits per heavy atom. The Morgan fingerprint density at radius 2 is 2.18 bits per heavy atom. The number of hydrogen-bond donors (Lipinski definition) is 3. The molecule has 0 amide bonds. The summed E-state index contributed by atoms with van der Waals surface area (Å²) in [6.45, 7) is 2.93. The highest BCUT2D eigenvalue weighted by atomic mass is 16.3. The number of rotatable bonds is 6. The van der Waals surface area contributed by atoms with E-state index in [-0.39, 0.29) is 6.61 Å². The molecule has 3 N–H and O–H groups in total. The van der Waals surface area contributed by atoms with Crippen LogP contribution in [0.25, 0.3) is 0 Å². The summed E-state index contributed by atoms with van der Waals surface area (Å²) in [4.78, 5) is 0. The van der Waals surface area contributed by atoms with Crippen molar-refractivity contribution in [3.8, 4) is 5.75 Å². The second kappa shape index (κ2) is 5.52. The lowest BCUT2D eigenvalue weighted by atomic mass is 10.1. The summed E-state index contributed by atoms with van der Waals surface area (Å²) < 4.78 is 0. The number of phenolic OH excluding ortho intramolecular Hbond substituents is 1. The first-order valence-corrected chi connectivity index (χ1v) is 6.33. The maximum absolute atomic E-state index is 9.74. The van der Waals surface area contributed by atoms with E-state index in [1.807, 2.05) is 19.1 Å². The maximum atomic E-state index is 9.74. The van der Waals surface area contributed by atoms with Crippen molar-refractivity contribution in [1.29, 1.82) is 0 Å². The lowest BCUT2D eigenvalue weighted by Gasteiger charge is -2.17. The Kier molecular flexibility index (Phi) is 4.02. The summed E-state index contributed by atoms with van der Waals surface area (Å²) in [6.07, 6.45) is 3.33. The number of aliphatic hydroxyl groups excluding tert-OH is 1. The molecule has 0 spiro atoms. The first-order valence-electron chi connectivity index (χ1n) is 6.33. The molecule has 0 bridgehead atoms. The molecule has 0 aliphatic heterocycles. The average Bonchev–Trinajstić information content (AvgIpc) is 3.12. The molecule has 1 fully saturated rings. The number of aliphatic hydroxyl groups is 1. The fraction of sp³-hybridized carbons (Fsp3) is 0.571. The van der Waals surface area contributed by atoms with E-state index in [1.165, 1.54) is 12.8 Å². The highest BCUT2D eigenvalue weighted by Gasteiger charge is 2.30. The molecule has 0 saturated heterocycles. The molecule has 17 heavy (non-hydrogen) atoms. The zero-order valence-electron chi connectivity index (χ0n) is 10.3. The van der Waals surface area contributed by atoms with Crippen LogP contribution in [0.3, 0.4) is 0 Å². The number of hydrogen-bond acceptors (Lipinski definition) is 3. The van der Waals surface area contributed by atoms with Crippen molar-refractivity contribution in [2.75, 3.05) is 6.61 Å². The second-order valence-electron chi connectivity index (χ2n) is 4.97. The van der Waals surface area contributed by atoms with Crippen LogP contribution in [0, 0.1) is 12.8 Å². The summed E-state index contributed by atoms with van der Waals surface area (Å²) >= 11 is 0. The van der Waals surface area contributed by atoms with E-state index in [1.54, 1.807) is 6.07 Å². The number of benzene rings is 1. The molecule has 1 unspecified atom stereocenters. The van der Waals surface area contributed by atoms with Gasteiger partial charge in [0.15, 0.2) is 0 Å². The van der Waals surface area contributed by atoms with E-state index in [0.29, 0.717) is 24.3 Å². The third-order valence-corrected chi connectivity index (χ3v) is 3.42. The molecule has 0 aromatic heterocycles. The van der Waals surface area contributed by atoms with Crippen molar-refractivity contribution >= 4 is 0 Å². The van der Waals surface area contributed by atoms with Crippen molar-refractivity contribution < 1.29 is 10.2 Å².